The van der Waals surface area contributed by atoms with E-state index in [1.807, 2.05) is 4.57 Å². The fourth-order valence-electron chi connectivity index (χ4n) is 1.26. The van der Waals surface area contributed by atoms with Gasteiger partial charge in [-0.2, -0.15) is 0 Å². The summed E-state index contributed by atoms with van der Waals surface area (Å²) in [5.41, 5.74) is 1.07. The van der Waals surface area contributed by atoms with Gasteiger partial charge in [-0.25, -0.2) is 4.79 Å². The molecule has 0 aliphatic carbocycles. The second-order valence-electron chi connectivity index (χ2n) is 2.89. The highest BCUT2D eigenvalue weighted by Gasteiger charge is 2.10. The number of aliphatic hydroxyl groups is 1. The highest BCUT2D eigenvalue weighted by atomic mass is 16.4. The Labute approximate surface area is 76.4 Å². The van der Waals surface area contributed by atoms with Gasteiger partial charge in [-0.1, -0.05) is 0 Å². The van der Waals surface area contributed by atoms with Crippen molar-refractivity contribution in [3.63, 3.8) is 0 Å². The van der Waals surface area contributed by atoms with Crippen LogP contribution >= 0.6 is 0 Å². The maximum Gasteiger partial charge on any atom is 0.337 e. The number of carbonyl (C=O) groups is 1. The molecule has 2 N–H and O–H groups in total. The smallest absolute Gasteiger partial charge is 0.337 e. The fraction of sp³-hybridized carbons (Fsp3) is 0.444. The van der Waals surface area contributed by atoms with Crippen LogP contribution in [0.4, 0.5) is 0 Å². The second kappa shape index (κ2) is 4.09. The Bertz CT molecular complexity index is 304. The topological polar surface area (TPSA) is 62.5 Å². The van der Waals surface area contributed by atoms with Crippen LogP contribution < -0.4 is 0 Å². The minimum atomic E-state index is -0.903. The average Bonchev–Trinajstić information content (AvgIpc) is 2.43. The number of aliphatic hydroxyl groups excluding tert-OH is 1. The van der Waals surface area contributed by atoms with Gasteiger partial charge in [-0.3, -0.25) is 0 Å². The molecule has 1 aromatic rings. The highest BCUT2D eigenvalue weighted by molar-refractivity contribution is 5.88. The number of carboxylic acid groups (broad SMARTS) is 1. The number of carboxylic acids is 1. The molecule has 0 amide bonds. The van der Waals surface area contributed by atoms with E-state index in [-0.39, 0.29) is 6.61 Å². The standard InChI is InChI=1S/C9H13NO3/c1-7-8(9(12)13)3-5-10(7)4-2-6-11/h3,5,11H,2,4,6H2,1H3,(H,12,13). The van der Waals surface area contributed by atoms with Gasteiger partial charge in [0.05, 0.1) is 5.56 Å². The van der Waals surface area contributed by atoms with Crippen molar-refractivity contribution in [1.29, 1.82) is 0 Å². The van der Waals surface area contributed by atoms with Gasteiger partial charge in [-0.15, -0.1) is 0 Å². The van der Waals surface area contributed by atoms with Gasteiger partial charge in [0.2, 0.25) is 0 Å². The zero-order valence-electron chi connectivity index (χ0n) is 7.53. The molecule has 0 atom stereocenters. The average molecular weight is 183 g/mol. The molecular formula is C9H13NO3. The van der Waals surface area contributed by atoms with Crippen molar-refractivity contribution >= 4 is 5.97 Å². The van der Waals surface area contributed by atoms with Crippen LogP contribution in [-0.4, -0.2) is 27.4 Å². The maximum atomic E-state index is 10.6. The quantitative estimate of drug-likeness (QED) is 0.728. The molecule has 1 aromatic heterocycles. The van der Waals surface area contributed by atoms with Gasteiger partial charge in [0, 0.05) is 25.0 Å². The van der Waals surface area contributed by atoms with Gasteiger partial charge in [0.15, 0.2) is 0 Å². The summed E-state index contributed by atoms with van der Waals surface area (Å²) in [7, 11) is 0. The van der Waals surface area contributed by atoms with Gasteiger partial charge >= 0.3 is 5.97 Å². The first-order valence-electron chi connectivity index (χ1n) is 4.16. The third kappa shape index (κ3) is 2.09. The van der Waals surface area contributed by atoms with E-state index >= 15 is 0 Å². The van der Waals surface area contributed by atoms with Crippen molar-refractivity contribution in [3.05, 3.63) is 23.5 Å². The van der Waals surface area contributed by atoms with Crippen LogP contribution in [0.25, 0.3) is 0 Å². The number of aromatic nitrogens is 1. The van der Waals surface area contributed by atoms with E-state index in [0.717, 1.165) is 5.69 Å². The summed E-state index contributed by atoms with van der Waals surface area (Å²) >= 11 is 0. The number of nitrogens with zero attached hydrogens (tertiary/aromatic N) is 1. The number of aryl methyl sites for hydroxylation is 1. The van der Waals surface area contributed by atoms with Gasteiger partial charge in [0.25, 0.3) is 0 Å². The first kappa shape index (κ1) is 9.80. The second-order valence-corrected chi connectivity index (χ2v) is 2.89. The lowest BCUT2D eigenvalue weighted by molar-refractivity contribution is 0.0696. The maximum absolute atomic E-state index is 10.6. The van der Waals surface area contributed by atoms with Crippen LogP contribution in [0.3, 0.4) is 0 Å². The van der Waals surface area contributed by atoms with Gasteiger partial charge < -0.3 is 14.8 Å². The van der Waals surface area contributed by atoms with Crippen molar-refractivity contribution in [2.45, 2.75) is 19.9 Å². The molecule has 0 bridgehead atoms. The van der Waals surface area contributed by atoms with Gasteiger partial charge in [-0.05, 0) is 19.4 Å². The SMILES string of the molecule is Cc1c(C(=O)O)ccn1CCCO. The van der Waals surface area contributed by atoms with Crippen molar-refractivity contribution in [1.82, 2.24) is 4.57 Å². The number of rotatable bonds is 4. The molecule has 72 valence electrons. The number of hydrogen-bond acceptors (Lipinski definition) is 2. The third-order valence-electron chi connectivity index (χ3n) is 2.03. The van der Waals surface area contributed by atoms with Crippen molar-refractivity contribution in [2.24, 2.45) is 0 Å². The Balaban J connectivity index is 2.80. The van der Waals surface area contributed by atoms with Crippen LogP contribution in [0.15, 0.2) is 12.3 Å². The molecule has 1 rings (SSSR count). The van der Waals surface area contributed by atoms with Crippen LogP contribution in [0.2, 0.25) is 0 Å². The van der Waals surface area contributed by atoms with E-state index in [1.54, 1.807) is 19.2 Å². The van der Waals surface area contributed by atoms with Crippen molar-refractivity contribution in [2.75, 3.05) is 6.61 Å². The molecule has 0 saturated heterocycles. The Morgan fingerprint density at radius 2 is 2.31 bits per heavy atom. The van der Waals surface area contributed by atoms with Gasteiger partial charge in [0.1, 0.15) is 0 Å². The molecule has 0 aliphatic rings. The molecule has 4 heteroatoms. The molecule has 1 heterocycles. The first-order valence-corrected chi connectivity index (χ1v) is 4.16. The molecule has 0 fully saturated rings. The molecule has 13 heavy (non-hydrogen) atoms. The van der Waals surface area contributed by atoms with Crippen LogP contribution in [-0.2, 0) is 6.54 Å². The lowest BCUT2D eigenvalue weighted by Crippen LogP contribution is -2.04. The predicted octanol–water partition coefficient (Wildman–Crippen LogP) is 0.877. The summed E-state index contributed by atoms with van der Waals surface area (Å²) in [5, 5.41) is 17.3. The third-order valence-corrected chi connectivity index (χ3v) is 2.03. The molecule has 0 radical (unpaired) electrons. The Kier molecular flexibility index (Phi) is 3.08. The highest BCUT2D eigenvalue weighted by Crippen LogP contribution is 2.10. The first-order chi connectivity index (χ1) is 6.16. The van der Waals surface area contributed by atoms with Crippen LogP contribution in [0, 0.1) is 6.92 Å². The number of aromatic carboxylic acids is 1. The molecule has 0 aliphatic heterocycles. The summed E-state index contributed by atoms with van der Waals surface area (Å²) in [6.45, 7) is 2.55. The summed E-state index contributed by atoms with van der Waals surface area (Å²) in [5.74, 6) is -0.903. The minimum absolute atomic E-state index is 0.125. The molecule has 0 aromatic carbocycles. The van der Waals surface area contributed by atoms with Crippen LogP contribution in [0.1, 0.15) is 22.5 Å². The largest absolute Gasteiger partial charge is 0.478 e. The van der Waals surface area contributed by atoms with E-state index in [2.05, 4.69) is 0 Å². The lowest BCUT2D eigenvalue weighted by atomic mass is 10.2. The van der Waals surface area contributed by atoms with Crippen molar-refractivity contribution in [3.8, 4) is 0 Å². The summed E-state index contributed by atoms with van der Waals surface area (Å²) in [6, 6.07) is 1.58. The Hall–Kier alpha value is -1.29. The molecule has 0 spiro atoms. The summed E-state index contributed by atoms with van der Waals surface area (Å²) in [6.07, 6.45) is 2.38. The minimum Gasteiger partial charge on any atom is -0.478 e. The monoisotopic (exact) mass is 183 g/mol. The molecule has 0 saturated carbocycles. The van der Waals surface area contributed by atoms with Crippen molar-refractivity contribution < 1.29 is 15.0 Å². The molecule has 4 nitrogen and oxygen atoms in total. The van der Waals surface area contributed by atoms with E-state index in [0.29, 0.717) is 18.5 Å². The lowest BCUT2D eigenvalue weighted by Gasteiger charge is -2.04. The van der Waals surface area contributed by atoms with Crippen LogP contribution in [0.5, 0.6) is 0 Å². The van der Waals surface area contributed by atoms with E-state index in [1.165, 1.54) is 0 Å². The Morgan fingerprint density at radius 1 is 1.62 bits per heavy atom. The summed E-state index contributed by atoms with van der Waals surface area (Å²) < 4.78 is 1.83. The van der Waals surface area contributed by atoms with E-state index in [4.69, 9.17) is 10.2 Å². The summed E-state index contributed by atoms with van der Waals surface area (Å²) in [4.78, 5) is 10.6. The Morgan fingerprint density at radius 3 is 2.77 bits per heavy atom. The molecule has 0 unspecified atom stereocenters. The normalized spacial score (nSPS) is 10.3. The van der Waals surface area contributed by atoms with E-state index in [9.17, 15) is 4.79 Å². The fourth-order valence-corrected chi connectivity index (χ4v) is 1.26. The zero-order valence-corrected chi connectivity index (χ0v) is 7.53. The van der Waals surface area contributed by atoms with E-state index < -0.39 is 5.97 Å². The number of hydrogen-bond donors (Lipinski definition) is 2. The zero-order chi connectivity index (χ0) is 9.84. The molecular weight excluding hydrogens is 170 g/mol. The predicted molar refractivity (Wildman–Crippen MR) is 47.8 cm³/mol.